The number of rotatable bonds is 2. The second-order valence-corrected chi connectivity index (χ2v) is 5.65. The molecule has 1 aromatic heterocycles. The fourth-order valence-electron chi connectivity index (χ4n) is 2.72. The van der Waals surface area contributed by atoms with Crippen molar-refractivity contribution in [3.8, 4) is 0 Å². The van der Waals surface area contributed by atoms with E-state index in [0.29, 0.717) is 25.9 Å². The van der Waals surface area contributed by atoms with E-state index in [4.69, 9.17) is 4.42 Å². The van der Waals surface area contributed by atoms with Crippen LogP contribution in [0.25, 0.3) is 11.0 Å². The number of nitrogens with zero attached hydrogens (tertiary/aromatic N) is 1. The number of aliphatic hydroxyl groups is 1. The normalized spacial score (nSPS) is 18.9. The number of benzene rings is 1. The van der Waals surface area contributed by atoms with Gasteiger partial charge in [0.05, 0.1) is 18.8 Å². The second kappa shape index (κ2) is 4.94. The van der Waals surface area contributed by atoms with Crippen LogP contribution in [0.5, 0.6) is 0 Å². The van der Waals surface area contributed by atoms with E-state index >= 15 is 0 Å². The molecule has 1 N–H and O–H groups in total. The van der Waals surface area contributed by atoms with Crippen molar-refractivity contribution >= 4 is 16.9 Å². The number of carbonyl (C=O) groups is 1. The number of β-amino-alcohol motifs (C(OH)–C–C–N with tert-alkyl or cyclic N) is 1. The summed E-state index contributed by atoms with van der Waals surface area (Å²) in [6, 6.07) is 4.09. The van der Waals surface area contributed by atoms with Gasteiger partial charge >= 0.3 is 0 Å². The highest BCUT2D eigenvalue weighted by Gasteiger charge is 2.25. The largest absolute Gasteiger partial charge is 0.464 e. The first-order chi connectivity index (χ1) is 9.54. The van der Waals surface area contributed by atoms with Gasteiger partial charge in [0.15, 0.2) is 0 Å². The number of fused-ring (bicyclic) bond motifs is 1. The molecule has 0 spiro atoms. The minimum Gasteiger partial charge on any atom is -0.464 e. The Labute approximate surface area is 118 Å². The molecule has 1 saturated heterocycles. The topological polar surface area (TPSA) is 53.7 Å². The molecule has 0 aliphatic carbocycles. The molecule has 1 aliphatic rings. The first-order valence-corrected chi connectivity index (χ1v) is 6.98. The zero-order valence-corrected chi connectivity index (χ0v) is 11.8. The summed E-state index contributed by atoms with van der Waals surface area (Å²) in [5.74, 6) is 0.0579. The Morgan fingerprint density at radius 2 is 2.15 bits per heavy atom. The van der Waals surface area contributed by atoms with Gasteiger partial charge < -0.3 is 14.4 Å². The molecule has 3 rings (SSSR count). The molecular formula is C16H19NO3. The summed E-state index contributed by atoms with van der Waals surface area (Å²) in [6.07, 6.45) is 2.32. The Balaban J connectivity index is 1.84. The molecule has 0 radical (unpaired) electrons. The van der Waals surface area contributed by atoms with Crippen molar-refractivity contribution in [2.75, 3.05) is 13.1 Å². The number of hydrogen-bond donors (Lipinski definition) is 1. The first kappa shape index (κ1) is 13.2. The van der Waals surface area contributed by atoms with E-state index < -0.39 is 0 Å². The van der Waals surface area contributed by atoms with Crippen LogP contribution in [-0.4, -0.2) is 35.1 Å². The fourth-order valence-corrected chi connectivity index (χ4v) is 2.72. The second-order valence-electron chi connectivity index (χ2n) is 5.65. The van der Waals surface area contributed by atoms with Crippen LogP contribution >= 0.6 is 0 Å². The van der Waals surface area contributed by atoms with Crippen LogP contribution < -0.4 is 0 Å². The average molecular weight is 273 g/mol. The molecule has 1 aliphatic heterocycles. The Morgan fingerprint density at radius 1 is 1.40 bits per heavy atom. The van der Waals surface area contributed by atoms with Crippen molar-refractivity contribution in [2.45, 2.75) is 32.8 Å². The minimum atomic E-state index is -0.370. The maximum atomic E-state index is 12.2. The molecule has 4 heteroatoms. The van der Waals surface area contributed by atoms with Gasteiger partial charge in [0, 0.05) is 24.0 Å². The smallest absolute Gasteiger partial charge is 0.227 e. The van der Waals surface area contributed by atoms with Crippen molar-refractivity contribution in [3.05, 3.63) is 35.1 Å². The molecule has 4 nitrogen and oxygen atoms in total. The molecule has 106 valence electrons. The zero-order valence-electron chi connectivity index (χ0n) is 11.8. The first-order valence-electron chi connectivity index (χ1n) is 6.98. The molecule has 1 aromatic carbocycles. The van der Waals surface area contributed by atoms with Gasteiger partial charge in [-0.25, -0.2) is 0 Å². The van der Waals surface area contributed by atoms with Crippen molar-refractivity contribution in [1.29, 1.82) is 0 Å². The number of furan rings is 1. The van der Waals surface area contributed by atoms with E-state index in [-0.39, 0.29) is 12.0 Å². The van der Waals surface area contributed by atoms with Gasteiger partial charge in [-0.3, -0.25) is 4.79 Å². The number of carbonyl (C=O) groups excluding carboxylic acids is 1. The highest BCUT2D eigenvalue weighted by molar-refractivity contribution is 5.88. The lowest BCUT2D eigenvalue weighted by Crippen LogP contribution is -2.30. The standard InChI is InChI=1S/C16H19NO3/c1-10-5-14-12(9-20-15(14)6-11(10)2)7-16(19)17-4-3-13(18)8-17/h5-6,9,13,18H,3-4,7-8H2,1-2H3/t13-/m1/s1. The van der Waals surface area contributed by atoms with Crippen LogP contribution in [-0.2, 0) is 11.2 Å². The maximum Gasteiger partial charge on any atom is 0.227 e. The third-order valence-corrected chi connectivity index (χ3v) is 4.13. The lowest BCUT2D eigenvalue weighted by Gasteiger charge is -2.14. The van der Waals surface area contributed by atoms with Gasteiger partial charge in [-0.2, -0.15) is 0 Å². The molecule has 1 amide bonds. The summed E-state index contributed by atoms with van der Waals surface area (Å²) in [5.41, 5.74) is 4.14. The minimum absolute atomic E-state index is 0.0579. The van der Waals surface area contributed by atoms with Crippen LogP contribution in [0.3, 0.4) is 0 Å². The van der Waals surface area contributed by atoms with Gasteiger partial charge in [-0.05, 0) is 43.5 Å². The van der Waals surface area contributed by atoms with Crippen molar-refractivity contribution in [2.24, 2.45) is 0 Å². The Bertz CT molecular complexity index is 659. The van der Waals surface area contributed by atoms with Crippen LogP contribution in [0.15, 0.2) is 22.8 Å². The van der Waals surface area contributed by atoms with Crippen LogP contribution in [0.4, 0.5) is 0 Å². The van der Waals surface area contributed by atoms with Gasteiger partial charge in [-0.1, -0.05) is 0 Å². The fraction of sp³-hybridized carbons (Fsp3) is 0.438. The monoisotopic (exact) mass is 273 g/mol. The molecule has 20 heavy (non-hydrogen) atoms. The predicted molar refractivity (Wildman–Crippen MR) is 76.6 cm³/mol. The molecule has 0 bridgehead atoms. The summed E-state index contributed by atoms with van der Waals surface area (Å²) >= 11 is 0. The van der Waals surface area contributed by atoms with Crippen molar-refractivity contribution in [1.82, 2.24) is 4.90 Å². The van der Waals surface area contributed by atoms with Gasteiger partial charge in [0.1, 0.15) is 5.58 Å². The Hall–Kier alpha value is -1.81. The van der Waals surface area contributed by atoms with E-state index in [1.54, 1.807) is 11.2 Å². The molecule has 0 unspecified atom stereocenters. The summed E-state index contributed by atoms with van der Waals surface area (Å²) in [6.45, 7) is 5.21. The quantitative estimate of drug-likeness (QED) is 0.912. The summed E-state index contributed by atoms with van der Waals surface area (Å²) < 4.78 is 5.55. The van der Waals surface area contributed by atoms with Crippen LogP contribution in [0, 0.1) is 13.8 Å². The Kier molecular flexibility index (Phi) is 3.26. The summed E-state index contributed by atoms with van der Waals surface area (Å²) in [4.78, 5) is 14.0. The molecule has 2 aromatic rings. The van der Waals surface area contributed by atoms with E-state index in [9.17, 15) is 9.90 Å². The zero-order chi connectivity index (χ0) is 14.3. The van der Waals surface area contributed by atoms with Crippen molar-refractivity contribution in [3.63, 3.8) is 0 Å². The van der Waals surface area contributed by atoms with E-state index in [2.05, 4.69) is 13.0 Å². The molecule has 1 atom stereocenters. The van der Waals surface area contributed by atoms with Crippen LogP contribution in [0.2, 0.25) is 0 Å². The van der Waals surface area contributed by atoms with Gasteiger partial charge in [-0.15, -0.1) is 0 Å². The SMILES string of the molecule is Cc1cc2occ(CC(=O)N3CC[C@@H](O)C3)c2cc1C. The average Bonchev–Trinajstić information content (AvgIpc) is 2.98. The number of amides is 1. The number of aryl methyl sites for hydroxylation is 2. The van der Waals surface area contributed by atoms with E-state index in [1.807, 2.05) is 13.0 Å². The summed E-state index contributed by atoms with van der Waals surface area (Å²) in [5, 5.41) is 10.5. The molecule has 1 fully saturated rings. The third kappa shape index (κ3) is 2.31. The van der Waals surface area contributed by atoms with E-state index in [1.165, 1.54) is 11.1 Å². The summed E-state index contributed by atoms with van der Waals surface area (Å²) in [7, 11) is 0. The highest BCUT2D eigenvalue weighted by atomic mass is 16.3. The van der Waals surface area contributed by atoms with Crippen molar-refractivity contribution < 1.29 is 14.3 Å². The Morgan fingerprint density at radius 3 is 2.85 bits per heavy atom. The molecular weight excluding hydrogens is 254 g/mol. The third-order valence-electron chi connectivity index (χ3n) is 4.13. The number of likely N-dealkylation sites (tertiary alicyclic amines) is 1. The highest BCUT2D eigenvalue weighted by Crippen LogP contribution is 2.25. The lowest BCUT2D eigenvalue weighted by molar-refractivity contribution is -0.129. The maximum absolute atomic E-state index is 12.2. The number of aliphatic hydroxyl groups excluding tert-OH is 1. The van der Waals surface area contributed by atoms with E-state index in [0.717, 1.165) is 16.5 Å². The molecule has 0 saturated carbocycles. The van der Waals surface area contributed by atoms with Crippen LogP contribution in [0.1, 0.15) is 23.1 Å². The molecule has 2 heterocycles. The van der Waals surface area contributed by atoms with Gasteiger partial charge in [0.2, 0.25) is 5.91 Å². The number of hydrogen-bond acceptors (Lipinski definition) is 3. The lowest BCUT2D eigenvalue weighted by atomic mass is 10.0. The predicted octanol–water partition coefficient (Wildman–Crippen LogP) is 2.19. The van der Waals surface area contributed by atoms with Gasteiger partial charge in [0.25, 0.3) is 0 Å².